The molecule has 152 valence electrons. The van der Waals surface area contributed by atoms with E-state index >= 15 is 0 Å². The molecule has 0 aliphatic carbocycles. The van der Waals surface area contributed by atoms with Gasteiger partial charge in [0.2, 0.25) is 5.91 Å². The zero-order chi connectivity index (χ0) is 21.3. The molecule has 6 nitrogen and oxygen atoms in total. The van der Waals surface area contributed by atoms with Crippen molar-refractivity contribution in [1.29, 1.82) is 0 Å². The first kappa shape index (κ1) is 19.8. The number of amides is 1. The quantitative estimate of drug-likeness (QED) is 0.515. The number of thiophene rings is 1. The van der Waals surface area contributed by atoms with E-state index in [1.807, 2.05) is 60.7 Å². The highest BCUT2D eigenvalue weighted by Gasteiger charge is 2.21. The average Bonchev–Trinajstić information content (AvgIpc) is 3.19. The van der Waals surface area contributed by atoms with Crippen LogP contribution >= 0.6 is 11.3 Å². The number of primary amides is 1. The second-order valence-corrected chi connectivity index (χ2v) is 8.03. The fraction of sp³-hybridized carbons (Fsp3) is 0.174. The molecule has 7 heteroatoms. The lowest BCUT2D eigenvalue weighted by molar-refractivity contribution is -0.120. The van der Waals surface area contributed by atoms with Crippen LogP contribution in [0.1, 0.15) is 24.4 Å². The second-order valence-electron chi connectivity index (χ2n) is 7.00. The Morgan fingerprint density at radius 2 is 1.87 bits per heavy atom. The number of aromatic nitrogens is 2. The topological polar surface area (TPSA) is 87.2 Å². The molecule has 1 unspecified atom stereocenters. The zero-order valence-corrected chi connectivity index (χ0v) is 17.5. The lowest BCUT2D eigenvalue weighted by atomic mass is 10.1. The summed E-state index contributed by atoms with van der Waals surface area (Å²) in [4.78, 5) is 31.6. The van der Waals surface area contributed by atoms with Gasteiger partial charge >= 0.3 is 0 Å². The van der Waals surface area contributed by atoms with E-state index in [1.165, 1.54) is 15.9 Å². The maximum absolute atomic E-state index is 13.3. The van der Waals surface area contributed by atoms with Crippen LogP contribution in [0.2, 0.25) is 0 Å². The van der Waals surface area contributed by atoms with E-state index in [0.29, 0.717) is 22.5 Å². The molecule has 2 aromatic carbocycles. The molecular weight excluding hydrogens is 398 g/mol. The van der Waals surface area contributed by atoms with Gasteiger partial charge in [0, 0.05) is 11.3 Å². The Balaban J connectivity index is 1.87. The van der Waals surface area contributed by atoms with Crippen molar-refractivity contribution in [2.45, 2.75) is 19.4 Å². The van der Waals surface area contributed by atoms with Crippen LogP contribution in [0.4, 0.5) is 0 Å². The van der Waals surface area contributed by atoms with Crippen LogP contribution in [0.25, 0.3) is 20.7 Å². The number of carbonyl (C=O) groups is 1. The Kier molecular flexibility index (Phi) is 5.37. The number of hydrogen-bond acceptors (Lipinski definition) is 5. The number of carbonyl (C=O) groups excluding carboxylic acids is 1. The minimum atomic E-state index is -0.803. The van der Waals surface area contributed by atoms with Crippen LogP contribution in [-0.2, 0) is 11.2 Å². The molecule has 2 aromatic heterocycles. The molecule has 2 N–H and O–H groups in total. The molecule has 4 aromatic rings. The Morgan fingerprint density at radius 3 is 2.50 bits per heavy atom. The number of ether oxygens (including phenoxy) is 1. The van der Waals surface area contributed by atoms with Gasteiger partial charge in [-0.1, -0.05) is 42.5 Å². The molecule has 4 rings (SSSR count). The van der Waals surface area contributed by atoms with E-state index < -0.39 is 11.9 Å². The number of fused-ring (bicyclic) bond motifs is 1. The summed E-state index contributed by atoms with van der Waals surface area (Å²) < 4.78 is 6.62. The van der Waals surface area contributed by atoms with E-state index in [9.17, 15) is 9.59 Å². The molecular formula is C23H21N3O3S. The normalized spacial score (nSPS) is 12.1. The SMILES string of the molecule is COc1ccc(Cc2nc3sc(-c4ccccc4)cc3c(=O)n2C(C)C(N)=O)cc1. The lowest BCUT2D eigenvalue weighted by Gasteiger charge is -2.16. The highest BCUT2D eigenvalue weighted by molar-refractivity contribution is 7.21. The molecule has 0 saturated carbocycles. The van der Waals surface area contributed by atoms with Gasteiger partial charge in [-0.25, -0.2) is 4.98 Å². The van der Waals surface area contributed by atoms with Crippen LogP contribution in [0.5, 0.6) is 5.75 Å². The van der Waals surface area contributed by atoms with Gasteiger partial charge in [0.1, 0.15) is 22.4 Å². The third-order valence-corrected chi connectivity index (χ3v) is 6.13. The average molecular weight is 420 g/mol. The number of methoxy groups -OCH3 is 1. The molecule has 0 radical (unpaired) electrons. The zero-order valence-electron chi connectivity index (χ0n) is 16.7. The number of rotatable bonds is 6. The van der Waals surface area contributed by atoms with Crippen LogP contribution in [0.3, 0.4) is 0 Å². The maximum Gasteiger partial charge on any atom is 0.263 e. The van der Waals surface area contributed by atoms with Crippen molar-refractivity contribution < 1.29 is 9.53 Å². The number of nitrogens with zero attached hydrogens (tertiary/aromatic N) is 2. The number of nitrogens with two attached hydrogens (primary N) is 1. The first-order valence-electron chi connectivity index (χ1n) is 9.50. The molecule has 0 bridgehead atoms. The first-order valence-corrected chi connectivity index (χ1v) is 10.3. The Hall–Kier alpha value is -3.45. The van der Waals surface area contributed by atoms with Gasteiger partial charge in [-0.15, -0.1) is 11.3 Å². The molecule has 1 atom stereocenters. The van der Waals surface area contributed by atoms with Gasteiger partial charge in [0.15, 0.2) is 0 Å². The Labute approximate surface area is 177 Å². The van der Waals surface area contributed by atoms with Crippen molar-refractivity contribution in [2.24, 2.45) is 5.73 Å². The summed E-state index contributed by atoms with van der Waals surface area (Å²) in [5, 5.41) is 0.491. The molecule has 2 heterocycles. The summed E-state index contributed by atoms with van der Waals surface area (Å²) >= 11 is 1.46. The molecule has 0 aliphatic heterocycles. The van der Waals surface area contributed by atoms with E-state index in [1.54, 1.807) is 14.0 Å². The fourth-order valence-electron chi connectivity index (χ4n) is 3.36. The van der Waals surface area contributed by atoms with Crippen molar-refractivity contribution in [3.8, 4) is 16.2 Å². The summed E-state index contributed by atoms with van der Waals surface area (Å²) in [6.07, 6.45) is 0.394. The summed E-state index contributed by atoms with van der Waals surface area (Å²) in [6, 6.07) is 18.4. The van der Waals surface area contributed by atoms with Gasteiger partial charge in [-0.05, 0) is 36.2 Å². The predicted octanol–water partition coefficient (Wildman–Crippen LogP) is 3.77. The molecule has 0 fully saturated rings. The Bertz CT molecular complexity index is 1260. The van der Waals surface area contributed by atoms with Crippen molar-refractivity contribution >= 4 is 27.5 Å². The maximum atomic E-state index is 13.3. The van der Waals surface area contributed by atoms with E-state index in [2.05, 4.69) is 0 Å². The summed E-state index contributed by atoms with van der Waals surface area (Å²) in [6.45, 7) is 1.62. The minimum Gasteiger partial charge on any atom is -0.497 e. The third kappa shape index (κ3) is 3.71. The predicted molar refractivity (Wildman–Crippen MR) is 119 cm³/mol. The van der Waals surface area contributed by atoms with Gasteiger partial charge in [-0.2, -0.15) is 0 Å². The summed E-state index contributed by atoms with van der Waals surface area (Å²) in [7, 11) is 1.61. The van der Waals surface area contributed by atoms with Crippen molar-refractivity contribution in [2.75, 3.05) is 7.11 Å². The van der Waals surface area contributed by atoms with Crippen LogP contribution in [0, 0.1) is 0 Å². The molecule has 0 saturated heterocycles. The molecule has 0 spiro atoms. The second kappa shape index (κ2) is 8.12. The van der Waals surface area contributed by atoms with Crippen LogP contribution in [0.15, 0.2) is 65.5 Å². The Morgan fingerprint density at radius 1 is 1.17 bits per heavy atom. The summed E-state index contributed by atoms with van der Waals surface area (Å²) in [5.41, 5.74) is 7.25. The molecule has 30 heavy (non-hydrogen) atoms. The largest absolute Gasteiger partial charge is 0.497 e. The standard InChI is InChI=1S/C23H21N3O3S/c1-14(21(24)27)26-20(12-15-8-10-17(29-2)11-9-15)25-22-18(23(26)28)13-19(30-22)16-6-4-3-5-7-16/h3-11,13-14H,12H2,1-2H3,(H2,24,27). The van der Waals surface area contributed by atoms with Crippen molar-refractivity contribution in [3.63, 3.8) is 0 Å². The fourth-order valence-corrected chi connectivity index (χ4v) is 4.40. The van der Waals surface area contributed by atoms with Gasteiger partial charge < -0.3 is 10.5 Å². The summed E-state index contributed by atoms with van der Waals surface area (Å²) in [5.74, 6) is 0.675. The smallest absolute Gasteiger partial charge is 0.263 e. The molecule has 0 aliphatic rings. The highest BCUT2D eigenvalue weighted by atomic mass is 32.1. The van der Waals surface area contributed by atoms with E-state index in [-0.39, 0.29) is 5.56 Å². The van der Waals surface area contributed by atoms with Crippen molar-refractivity contribution in [1.82, 2.24) is 9.55 Å². The van der Waals surface area contributed by atoms with Gasteiger partial charge in [-0.3, -0.25) is 14.2 Å². The van der Waals surface area contributed by atoms with Crippen LogP contribution in [-0.4, -0.2) is 22.6 Å². The van der Waals surface area contributed by atoms with Crippen LogP contribution < -0.4 is 16.0 Å². The van der Waals surface area contributed by atoms with Gasteiger partial charge in [0.05, 0.1) is 12.5 Å². The minimum absolute atomic E-state index is 0.256. The first-order chi connectivity index (χ1) is 14.5. The number of hydrogen-bond donors (Lipinski definition) is 1. The van der Waals surface area contributed by atoms with Gasteiger partial charge in [0.25, 0.3) is 5.56 Å². The monoisotopic (exact) mass is 419 g/mol. The molecule has 1 amide bonds. The number of benzene rings is 2. The highest BCUT2D eigenvalue weighted by Crippen LogP contribution is 2.31. The van der Waals surface area contributed by atoms with E-state index in [4.69, 9.17) is 15.5 Å². The van der Waals surface area contributed by atoms with E-state index in [0.717, 1.165) is 21.8 Å². The third-order valence-electron chi connectivity index (χ3n) is 5.05. The van der Waals surface area contributed by atoms with Crippen molar-refractivity contribution in [3.05, 3.63) is 82.4 Å². The lowest BCUT2D eigenvalue weighted by Crippen LogP contribution is -2.35.